The molecular weight excluding hydrogens is 454 g/mol. The summed E-state index contributed by atoms with van der Waals surface area (Å²) in [7, 11) is -3.84. The Labute approximate surface area is 191 Å². The summed E-state index contributed by atoms with van der Waals surface area (Å²) in [5, 5.41) is 6.04. The Morgan fingerprint density at radius 2 is 1.84 bits per heavy atom. The zero-order valence-corrected chi connectivity index (χ0v) is 19.7. The summed E-state index contributed by atoms with van der Waals surface area (Å²) in [5.41, 5.74) is 1.96. The summed E-state index contributed by atoms with van der Waals surface area (Å²) < 4.78 is 28.4. The zero-order chi connectivity index (χ0) is 22.4. The summed E-state index contributed by atoms with van der Waals surface area (Å²) in [6.07, 6.45) is 1.85. The number of thiazole rings is 1. The van der Waals surface area contributed by atoms with Crippen LogP contribution in [-0.2, 0) is 34.3 Å². The van der Waals surface area contributed by atoms with E-state index >= 15 is 0 Å². The molecule has 1 N–H and O–H groups in total. The predicted molar refractivity (Wildman–Crippen MR) is 125 cm³/mol. The van der Waals surface area contributed by atoms with Gasteiger partial charge in [0.2, 0.25) is 15.9 Å². The quantitative estimate of drug-likeness (QED) is 0.465. The third kappa shape index (κ3) is 6.13. The third-order valence-corrected chi connectivity index (χ3v) is 7.65. The first-order chi connectivity index (χ1) is 14.8. The van der Waals surface area contributed by atoms with Gasteiger partial charge in [-0.2, -0.15) is 4.31 Å². The Balaban J connectivity index is 1.93. The number of amides is 1. The molecule has 9 heteroatoms. The fourth-order valence-electron chi connectivity index (χ4n) is 3.04. The van der Waals surface area contributed by atoms with Gasteiger partial charge >= 0.3 is 0 Å². The summed E-state index contributed by atoms with van der Waals surface area (Å²) in [4.78, 5) is 16.0. The fourth-order valence-corrected chi connectivity index (χ4v) is 5.51. The van der Waals surface area contributed by atoms with E-state index in [0.717, 1.165) is 17.8 Å². The topological polar surface area (TPSA) is 79.4 Å². The first-order valence-corrected chi connectivity index (χ1v) is 12.5. The van der Waals surface area contributed by atoms with Gasteiger partial charge in [-0.3, -0.25) is 4.79 Å². The summed E-state index contributed by atoms with van der Waals surface area (Å²) in [6, 6.07) is 13.3. The van der Waals surface area contributed by atoms with Crippen molar-refractivity contribution >= 4 is 44.6 Å². The predicted octanol–water partition coefficient (Wildman–Crippen LogP) is 5.10. The number of nitrogens with zero attached hydrogens (tertiary/aromatic N) is 2. The van der Waals surface area contributed by atoms with Gasteiger partial charge in [0.1, 0.15) is 0 Å². The van der Waals surface area contributed by atoms with Crippen LogP contribution in [0, 0.1) is 0 Å². The van der Waals surface area contributed by atoms with Crippen LogP contribution in [0.5, 0.6) is 0 Å². The lowest BCUT2D eigenvalue weighted by atomic mass is 10.2. The molecule has 0 aliphatic carbocycles. The molecule has 1 heterocycles. The minimum Gasteiger partial charge on any atom is -0.326 e. The molecule has 3 aromatic rings. The first kappa shape index (κ1) is 23.4. The maximum atomic E-state index is 13.5. The van der Waals surface area contributed by atoms with Crippen molar-refractivity contribution in [3.8, 4) is 0 Å². The largest absolute Gasteiger partial charge is 0.326 e. The van der Waals surface area contributed by atoms with Gasteiger partial charge in [-0.05, 0) is 48.7 Å². The Hall–Kier alpha value is -2.26. The molecule has 0 saturated heterocycles. The average molecular weight is 478 g/mol. The molecule has 0 bridgehead atoms. The number of hydrogen-bond donors (Lipinski definition) is 1. The lowest BCUT2D eigenvalue weighted by Gasteiger charge is -2.22. The number of anilines is 1. The number of aromatic nitrogens is 1. The number of aryl methyl sites for hydroxylation is 1. The number of nitrogens with one attached hydrogen (secondary N) is 1. The molecule has 0 aliphatic heterocycles. The highest BCUT2D eigenvalue weighted by atomic mass is 35.5. The van der Waals surface area contributed by atoms with Crippen molar-refractivity contribution in [1.29, 1.82) is 0 Å². The molecule has 0 spiro atoms. The maximum absolute atomic E-state index is 13.5. The minimum absolute atomic E-state index is 0.121. The van der Waals surface area contributed by atoms with Crippen LogP contribution in [0.15, 0.2) is 58.8 Å². The molecule has 0 radical (unpaired) electrons. The maximum Gasteiger partial charge on any atom is 0.243 e. The van der Waals surface area contributed by atoms with E-state index in [0.29, 0.717) is 22.0 Å². The van der Waals surface area contributed by atoms with Crippen LogP contribution in [0.1, 0.15) is 36.5 Å². The van der Waals surface area contributed by atoms with Crippen molar-refractivity contribution in [2.24, 2.45) is 0 Å². The van der Waals surface area contributed by atoms with E-state index in [1.807, 2.05) is 23.6 Å². The van der Waals surface area contributed by atoms with Crippen LogP contribution in [0.25, 0.3) is 0 Å². The number of halogens is 1. The van der Waals surface area contributed by atoms with Crippen molar-refractivity contribution in [2.45, 2.75) is 44.7 Å². The lowest BCUT2D eigenvalue weighted by Crippen LogP contribution is -2.30. The summed E-state index contributed by atoms with van der Waals surface area (Å²) in [5.74, 6) is -0.220. The normalized spacial score (nSPS) is 11.6. The van der Waals surface area contributed by atoms with E-state index in [1.54, 1.807) is 29.5 Å². The van der Waals surface area contributed by atoms with Crippen LogP contribution in [0.4, 0.5) is 5.69 Å². The van der Waals surface area contributed by atoms with E-state index in [9.17, 15) is 13.2 Å². The molecule has 1 amide bonds. The Morgan fingerprint density at radius 1 is 1.13 bits per heavy atom. The van der Waals surface area contributed by atoms with Crippen LogP contribution < -0.4 is 5.32 Å². The molecule has 2 aromatic carbocycles. The highest BCUT2D eigenvalue weighted by Crippen LogP contribution is 2.26. The molecule has 0 fully saturated rings. The smallest absolute Gasteiger partial charge is 0.243 e. The van der Waals surface area contributed by atoms with Crippen LogP contribution in [0.2, 0.25) is 5.02 Å². The standard InChI is InChI=1S/C22H24ClN3O3S2/c1-3-6-22-25-19(15-30-22)14-26(13-17-7-4-5-8-21(17)23)31(28,29)20-11-9-18(10-12-20)24-16(2)27/h4-5,7-12,15H,3,6,13-14H2,1-2H3,(H,24,27). The van der Waals surface area contributed by atoms with Gasteiger partial charge in [-0.25, -0.2) is 13.4 Å². The van der Waals surface area contributed by atoms with Crippen molar-refractivity contribution in [3.63, 3.8) is 0 Å². The Morgan fingerprint density at radius 3 is 2.48 bits per heavy atom. The molecule has 6 nitrogen and oxygen atoms in total. The summed E-state index contributed by atoms with van der Waals surface area (Å²) in [6.45, 7) is 3.74. The molecule has 164 valence electrons. The van der Waals surface area contributed by atoms with Gasteiger partial charge in [0.15, 0.2) is 0 Å². The van der Waals surface area contributed by atoms with E-state index < -0.39 is 10.0 Å². The number of carbonyl (C=O) groups is 1. The van der Waals surface area contributed by atoms with Gasteiger partial charge in [-0.15, -0.1) is 11.3 Å². The number of sulfonamides is 1. The van der Waals surface area contributed by atoms with E-state index in [2.05, 4.69) is 17.2 Å². The molecule has 31 heavy (non-hydrogen) atoms. The second kappa shape index (κ2) is 10.4. The Bertz CT molecular complexity index is 1140. The molecule has 0 unspecified atom stereocenters. The monoisotopic (exact) mass is 477 g/mol. The van der Waals surface area contributed by atoms with Crippen molar-refractivity contribution < 1.29 is 13.2 Å². The van der Waals surface area contributed by atoms with Crippen molar-refractivity contribution in [1.82, 2.24) is 9.29 Å². The van der Waals surface area contributed by atoms with Crippen molar-refractivity contribution in [2.75, 3.05) is 5.32 Å². The number of hydrogen-bond acceptors (Lipinski definition) is 5. The first-order valence-electron chi connectivity index (χ1n) is 9.84. The number of benzene rings is 2. The second-order valence-electron chi connectivity index (χ2n) is 7.05. The fraction of sp³-hybridized carbons (Fsp3) is 0.273. The van der Waals surface area contributed by atoms with Gasteiger partial charge in [0, 0.05) is 29.6 Å². The number of carbonyl (C=O) groups excluding carboxylic acids is 1. The van der Waals surface area contributed by atoms with E-state index in [4.69, 9.17) is 11.6 Å². The minimum atomic E-state index is -3.84. The van der Waals surface area contributed by atoms with Crippen LogP contribution in [0.3, 0.4) is 0 Å². The van der Waals surface area contributed by atoms with Crippen LogP contribution >= 0.6 is 22.9 Å². The number of rotatable bonds is 9. The molecular formula is C22H24ClN3O3S2. The summed E-state index contributed by atoms with van der Waals surface area (Å²) >= 11 is 7.85. The molecule has 3 rings (SSSR count). The molecule has 0 saturated carbocycles. The highest BCUT2D eigenvalue weighted by Gasteiger charge is 2.26. The van der Waals surface area contributed by atoms with E-state index in [-0.39, 0.29) is 23.9 Å². The third-order valence-electron chi connectivity index (χ3n) is 4.52. The Kier molecular flexibility index (Phi) is 7.83. The molecule has 0 atom stereocenters. The van der Waals surface area contributed by atoms with Gasteiger partial charge in [0.05, 0.1) is 22.1 Å². The zero-order valence-electron chi connectivity index (χ0n) is 17.3. The molecule has 1 aromatic heterocycles. The average Bonchev–Trinajstić information content (AvgIpc) is 3.16. The lowest BCUT2D eigenvalue weighted by molar-refractivity contribution is -0.114. The van der Waals surface area contributed by atoms with Crippen molar-refractivity contribution in [3.05, 3.63) is 75.2 Å². The highest BCUT2D eigenvalue weighted by molar-refractivity contribution is 7.89. The SMILES string of the molecule is CCCc1nc(CN(Cc2ccccc2Cl)S(=O)(=O)c2ccc(NC(C)=O)cc2)cs1. The second-order valence-corrected chi connectivity index (χ2v) is 10.3. The van der Waals surface area contributed by atoms with Gasteiger partial charge in [-0.1, -0.05) is 36.7 Å². The molecule has 0 aliphatic rings. The van der Waals surface area contributed by atoms with E-state index in [1.165, 1.54) is 23.4 Å². The van der Waals surface area contributed by atoms with Gasteiger partial charge in [0.25, 0.3) is 0 Å². The van der Waals surface area contributed by atoms with Gasteiger partial charge < -0.3 is 5.32 Å². The van der Waals surface area contributed by atoms with Crippen LogP contribution in [-0.4, -0.2) is 23.6 Å².